The number of para-hydroxylation sites is 1. The summed E-state index contributed by atoms with van der Waals surface area (Å²) < 4.78 is 47.2. The number of hydrogen-bond donors (Lipinski definition) is 2. The van der Waals surface area contributed by atoms with Crippen LogP contribution in [-0.4, -0.2) is 28.2 Å². The van der Waals surface area contributed by atoms with Gasteiger partial charge < -0.3 is 5.73 Å². The Labute approximate surface area is 101 Å². The van der Waals surface area contributed by atoms with Gasteiger partial charge >= 0.3 is 0 Å². The average Bonchev–Trinajstić information content (AvgIpc) is 2.07. The Morgan fingerprint density at radius 3 is 2.29 bits per heavy atom. The molecule has 0 aromatic heterocycles. The lowest BCUT2D eigenvalue weighted by molar-refractivity contribution is 0.595. The second-order valence-electron chi connectivity index (χ2n) is 3.80. The summed E-state index contributed by atoms with van der Waals surface area (Å²) in [6, 6.07) is 4.89. The topological polar surface area (TPSA) is 106 Å². The smallest absolute Gasteiger partial charge is 0.247 e. The van der Waals surface area contributed by atoms with Gasteiger partial charge in [-0.3, -0.25) is 4.72 Å². The van der Waals surface area contributed by atoms with Crippen molar-refractivity contribution in [1.82, 2.24) is 0 Å². The van der Waals surface area contributed by atoms with Gasteiger partial charge in [0.25, 0.3) is 0 Å². The molecule has 0 heterocycles. The minimum atomic E-state index is -3.96. The molecule has 0 atom stereocenters. The first-order chi connectivity index (χ1) is 7.61. The molecule has 1 rings (SSSR count). The van der Waals surface area contributed by atoms with Crippen LogP contribution in [0, 0.1) is 6.92 Å². The molecule has 6 nitrogen and oxygen atoms in total. The maximum Gasteiger partial charge on any atom is 0.247 e. The van der Waals surface area contributed by atoms with Gasteiger partial charge in [-0.1, -0.05) is 12.1 Å². The van der Waals surface area contributed by atoms with Crippen molar-refractivity contribution in [3.05, 3.63) is 23.8 Å². The van der Waals surface area contributed by atoms with Crippen molar-refractivity contribution in [3.63, 3.8) is 0 Å². The molecule has 0 fully saturated rings. The van der Waals surface area contributed by atoms with Gasteiger partial charge in [0.1, 0.15) is 0 Å². The lowest BCUT2D eigenvalue weighted by Gasteiger charge is -2.12. The third-order valence-corrected chi connectivity index (χ3v) is 5.40. The largest absolute Gasteiger partial charge is 0.397 e. The average molecular weight is 278 g/mol. The van der Waals surface area contributed by atoms with Crippen LogP contribution in [0.1, 0.15) is 5.56 Å². The lowest BCUT2D eigenvalue weighted by Crippen LogP contribution is -2.23. The summed E-state index contributed by atoms with van der Waals surface area (Å²) in [5.74, 6) is 0. The molecule has 3 N–H and O–H groups in total. The van der Waals surface area contributed by atoms with Gasteiger partial charge in [-0.05, 0) is 18.6 Å². The zero-order chi connectivity index (χ0) is 13.3. The number of hydrogen-bond acceptors (Lipinski definition) is 5. The van der Waals surface area contributed by atoms with E-state index in [0.717, 1.165) is 6.26 Å². The van der Waals surface area contributed by atoms with E-state index in [-0.39, 0.29) is 11.4 Å². The number of nitrogen functional groups attached to an aromatic ring is 1. The summed E-state index contributed by atoms with van der Waals surface area (Å²) in [4.78, 5) is 0. The van der Waals surface area contributed by atoms with Crippen LogP contribution in [0.15, 0.2) is 18.2 Å². The molecule has 0 radical (unpaired) electrons. The minimum Gasteiger partial charge on any atom is -0.397 e. The molecule has 96 valence electrons. The number of nitrogens with one attached hydrogen (secondary N) is 1. The highest BCUT2D eigenvalue weighted by Crippen LogP contribution is 2.23. The van der Waals surface area contributed by atoms with Crippen molar-refractivity contribution >= 4 is 31.2 Å². The van der Waals surface area contributed by atoms with E-state index in [4.69, 9.17) is 5.73 Å². The summed E-state index contributed by atoms with van der Waals surface area (Å²) in [5.41, 5.74) is 6.71. The molecule has 0 bridgehead atoms. The van der Waals surface area contributed by atoms with Gasteiger partial charge in [-0.25, -0.2) is 16.8 Å². The Kier molecular flexibility index (Phi) is 3.68. The second kappa shape index (κ2) is 4.53. The summed E-state index contributed by atoms with van der Waals surface area (Å²) in [7, 11) is -7.57. The Bertz CT molecular complexity index is 600. The molecule has 1 aromatic carbocycles. The normalized spacial score (nSPS) is 12.4. The molecule has 17 heavy (non-hydrogen) atoms. The predicted octanol–water partition coefficient (Wildman–Crippen LogP) is 0.321. The number of sulfonamides is 1. The number of aryl methyl sites for hydroxylation is 1. The molecule has 0 spiro atoms. The highest BCUT2D eigenvalue weighted by atomic mass is 32.3. The first kappa shape index (κ1) is 13.8. The van der Waals surface area contributed by atoms with E-state index in [1.54, 1.807) is 19.1 Å². The van der Waals surface area contributed by atoms with Gasteiger partial charge in [-0.2, -0.15) is 0 Å². The first-order valence-electron chi connectivity index (χ1n) is 4.64. The van der Waals surface area contributed by atoms with Gasteiger partial charge in [-0.15, -0.1) is 0 Å². The number of sulfone groups is 1. The quantitative estimate of drug-likeness (QED) is 0.771. The minimum absolute atomic E-state index is 0.219. The molecule has 0 aliphatic carbocycles. The maximum absolute atomic E-state index is 11.6. The lowest BCUT2D eigenvalue weighted by atomic mass is 10.2. The van der Waals surface area contributed by atoms with E-state index >= 15 is 0 Å². The van der Waals surface area contributed by atoms with E-state index in [2.05, 4.69) is 4.72 Å². The van der Waals surface area contributed by atoms with Gasteiger partial charge in [0.05, 0.1) is 11.4 Å². The van der Waals surface area contributed by atoms with Gasteiger partial charge in [0.15, 0.2) is 14.9 Å². The van der Waals surface area contributed by atoms with Crippen LogP contribution in [0.4, 0.5) is 11.4 Å². The first-order valence-corrected chi connectivity index (χ1v) is 8.35. The molecule has 0 amide bonds. The van der Waals surface area contributed by atoms with E-state index in [0.29, 0.717) is 5.56 Å². The molecule has 0 aliphatic heterocycles. The van der Waals surface area contributed by atoms with E-state index < -0.39 is 24.9 Å². The van der Waals surface area contributed by atoms with Crippen molar-refractivity contribution in [3.8, 4) is 0 Å². The molecule has 0 aliphatic rings. The van der Waals surface area contributed by atoms with Gasteiger partial charge in [0.2, 0.25) is 10.0 Å². The van der Waals surface area contributed by atoms with E-state index in [1.807, 2.05) is 0 Å². The fraction of sp³-hybridized carbons (Fsp3) is 0.333. The Balaban J connectivity index is 3.07. The zero-order valence-electron chi connectivity index (χ0n) is 9.47. The summed E-state index contributed by atoms with van der Waals surface area (Å²) >= 11 is 0. The summed E-state index contributed by atoms with van der Waals surface area (Å²) in [6.45, 7) is 1.68. The number of benzene rings is 1. The van der Waals surface area contributed by atoms with Crippen LogP contribution in [0.3, 0.4) is 0 Å². The monoisotopic (exact) mass is 278 g/mol. The molecule has 1 aromatic rings. The number of rotatable bonds is 4. The van der Waals surface area contributed by atoms with Crippen LogP contribution in [0.2, 0.25) is 0 Å². The Morgan fingerprint density at radius 2 is 1.82 bits per heavy atom. The third kappa shape index (κ3) is 4.23. The highest BCUT2D eigenvalue weighted by Gasteiger charge is 2.19. The molecule has 0 saturated heterocycles. The van der Waals surface area contributed by atoms with Crippen molar-refractivity contribution < 1.29 is 16.8 Å². The van der Waals surface area contributed by atoms with Crippen molar-refractivity contribution in [2.24, 2.45) is 0 Å². The number of nitrogens with two attached hydrogens (primary N) is 1. The predicted molar refractivity (Wildman–Crippen MR) is 67.8 cm³/mol. The second-order valence-corrected chi connectivity index (χ2v) is 8.03. The highest BCUT2D eigenvalue weighted by molar-refractivity contribution is 8.08. The molecule has 0 unspecified atom stereocenters. The summed E-state index contributed by atoms with van der Waals surface area (Å²) in [5, 5.41) is -0.965. The standard InChI is InChI=1S/C9H14N2O4S2/c1-7-4-3-5-8(10)9(7)11-17(14,15)6-16(2,12)13/h3-5,11H,6,10H2,1-2H3. The van der Waals surface area contributed by atoms with Gasteiger partial charge in [0, 0.05) is 6.26 Å². The van der Waals surface area contributed by atoms with Crippen LogP contribution in [-0.2, 0) is 19.9 Å². The Morgan fingerprint density at radius 1 is 1.24 bits per heavy atom. The molecular formula is C9H14N2O4S2. The van der Waals surface area contributed by atoms with Crippen LogP contribution >= 0.6 is 0 Å². The molecule has 0 saturated carbocycles. The number of anilines is 2. The Hall–Kier alpha value is -1.28. The van der Waals surface area contributed by atoms with E-state index in [1.165, 1.54) is 6.07 Å². The molecular weight excluding hydrogens is 264 g/mol. The van der Waals surface area contributed by atoms with Crippen molar-refractivity contribution in [1.29, 1.82) is 0 Å². The fourth-order valence-electron chi connectivity index (χ4n) is 1.30. The van der Waals surface area contributed by atoms with Crippen LogP contribution < -0.4 is 10.5 Å². The third-order valence-electron chi connectivity index (χ3n) is 1.93. The zero-order valence-corrected chi connectivity index (χ0v) is 11.1. The van der Waals surface area contributed by atoms with Crippen molar-refractivity contribution in [2.45, 2.75) is 6.92 Å². The van der Waals surface area contributed by atoms with E-state index in [9.17, 15) is 16.8 Å². The van der Waals surface area contributed by atoms with Crippen LogP contribution in [0.25, 0.3) is 0 Å². The fourth-order valence-corrected chi connectivity index (χ4v) is 4.38. The maximum atomic E-state index is 11.6. The SMILES string of the molecule is Cc1cccc(N)c1NS(=O)(=O)CS(C)(=O)=O. The van der Waals surface area contributed by atoms with Crippen LogP contribution in [0.5, 0.6) is 0 Å². The summed E-state index contributed by atoms with van der Waals surface area (Å²) in [6.07, 6.45) is 0.855. The van der Waals surface area contributed by atoms with Crippen molar-refractivity contribution in [2.75, 3.05) is 21.8 Å². The molecule has 8 heteroatoms.